The molecular weight excluding hydrogens is 318 g/mol. The van der Waals surface area contributed by atoms with E-state index in [4.69, 9.17) is 4.74 Å². The first kappa shape index (κ1) is 17.2. The molecule has 0 saturated carbocycles. The maximum absolute atomic E-state index is 12.5. The number of fused-ring (bicyclic) bond motifs is 1. The number of rotatable bonds is 3. The summed E-state index contributed by atoms with van der Waals surface area (Å²) in [5.74, 6) is -0.275. The van der Waals surface area contributed by atoms with Crippen molar-refractivity contribution in [1.29, 1.82) is 0 Å². The summed E-state index contributed by atoms with van der Waals surface area (Å²) < 4.78 is 5.23. The highest BCUT2D eigenvalue weighted by Crippen LogP contribution is 2.31. The molecule has 2 heterocycles. The average molecular weight is 341 g/mol. The van der Waals surface area contributed by atoms with Gasteiger partial charge < -0.3 is 14.5 Å². The molecular formula is C19H23N3O3. The van der Waals surface area contributed by atoms with Crippen LogP contribution in [0.3, 0.4) is 0 Å². The summed E-state index contributed by atoms with van der Waals surface area (Å²) in [5.41, 5.74) is 3.30. The molecule has 0 N–H and O–H groups in total. The molecule has 25 heavy (non-hydrogen) atoms. The van der Waals surface area contributed by atoms with Crippen LogP contribution in [0.2, 0.25) is 0 Å². The first-order chi connectivity index (χ1) is 12.0. The first-order valence-electron chi connectivity index (χ1n) is 8.58. The average Bonchev–Trinajstić information content (AvgIpc) is 2.61. The molecule has 1 fully saturated rings. The highest BCUT2D eigenvalue weighted by molar-refractivity contribution is 6.05. The van der Waals surface area contributed by atoms with Gasteiger partial charge in [-0.1, -0.05) is 11.6 Å². The van der Waals surface area contributed by atoms with Crippen molar-refractivity contribution in [3.63, 3.8) is 0 Å². The Balaban J connectivity index is 2.06. The number of pyridine rings is 1. The zero-order chi connectivity index (χ0) is 18.0. The number of benzene rings is 1. The van der Waals surface area contributed by atoms with Gasteiger partial charge in [0.05, 0.1) is 17.8 Å². The molecule has 6 heteroatoms. The smallest absolute Gasteiger partial charge is 0.341 e. The van der Waals surface area contributed by atoms with Gasteiger partial charge in [0.1, 0.15) is 5.56 Å². The van der Waals surface area contributed by atoms with Crippen molar-refractivity contribution in [2.24, 2.45) is 0 Å². The molecule has 3 rings (SSSR count). The number of nitrogens with zero attached hydrogens (tertiary/aromatic N) is 3. The lowest BCUT2D eigenvalue weighted by atomic mass is 10.0. The van der Waals surface area contributed by atoms with E-state index < -0.39 is 0 Å². The third-order valence-corrected chi connectivity index (χ3v) is 4.53. The van der Waals surface area contributed by atoms with Gasteiger partial charge in [-0.25, -0.2) is 4.79 Å². The molecule has 2 aromatic rings. The van der Waals surface area contributed by atoms with Gasteiger partial charge >= 0.3 is 5.97 Å². The monoisotopic (exact) mass is 341 g/mol. The molecule has 1 saturated heterocycles. The summed E-state index contributed by atoms with van der Waals surface area (Å²) in [6, 6.07) is 6.03. The number of ether oxygens (including phenoxy) is 1. The first-order valence-corrected chi connectivity index (χ1v) is 8.58. The number of carbonyl (C=O) groups excluding carboxylic acids is 2. The fourth-order valence-electron chi connectivity index (χ4n) is 3.24. The number of piperazine rings is 1. The Morgan fingerprint density at radius 1 is 1.20 bits per heavy atom. The molecule has 1 aromatic carbocycles. The highest BCUT2D eigenvalue weighted by atomic mass is 16.5. The highest BCUT2D eigenvalue weighted by Gasteiger charge is 2.25. The van der Waals surface area contributed by atoms with Crippen LogP contribution in [0.25, 0.3) is 10.9 Å². The fourth-order valence-corrected chi connectivity index (χ4v) is 3.24. The van der Waals surface area contributed by atoms with Crippen LogP contribution in [0, 0.1) is 6.92 Å². The Morgan fingerprint density at radius 3 is 2.56 bits per heavy atom. The standard InChI is InChI=1S/C19H23N3O3/c1-4-25-19(24)16-12-20-17-6-5-13(2)11-15(17)18(16)22-9-7-21(8-10-22)14(3)23/h5-6,11-12H,4,7-10H2,1-3H3. The Labute approximate surface area is 147 Å². The molecule has 1 aromatic heterocycles. The normalized spacial score (nSPS) is 14.7. The van der Waals surface area contributed by atoms with E-state index >= 15 is 0 Å². The van der Waals surface area contributed by atoms with Gasteiger partial charge in [-0.15, -0.1) is 0 Å². The number of carbonyl (C=O) groups is 2. The fraction of sp³-hybridized carbons (Fsp3) is 0.421. The summed E-state index contributed by atoms with van der Waals surface area (Å²) in [6.45, 7) is 8.38. The molecule has 132 valence electrons. The van der Waals surface area contributed by atoms with Crippen LogP contribution in [0.4, 0.5) is 5.69 Å². The molecule has 0 unspecified atom stereocenters. The van der Waals surface area contributed by atoms with Crippen molar-refractivity contribution in [1.82, 2.24) is 9.88 Å². The minimum Gasteiger partial charge on any atom is -0.462 e. The lowest BCUT2D eigenvalue weighted by Crippen LogP contribution is -2.48. The molecule has 0 bridgehead atoms. The van der Waals surface area contributed by atoms with E-state index in [9.17, 15) is 9.59 Å². The number of anilines is 1. The molecule has 1 aliphatic heterocycles. The van der Waals surface area contributed by atoms with Gasteiger partial charge in [0, 0.05) is 44.7 Å². The maximum atomic E-state index is 12.5. The van der Waals surface area contributed by atoms with E-state index in [0.717, 1.165) is 22.2 Å². The van der Waals surface area contributed by atoms with E-state index in [1.54, 1.807) is 20.0 Å². The summed E-state index contributed by atoms with van der Waals surface area (Å²) in [5, 5.41) is 0.946. The number of esters is 1. The third-order valence-electron chi connectivity index (χ3n) is 4.53. The molecule has 0 radical (unpaired) electrons. The number of hydrogen-bond acceptors (Lipinski definition) is 5. The minimum absolute atomic E-state index is 0.0840. The number of hydrogen-bond donors (Lipinski definition) is 0. The van der Waals surface area contributed by atoms with Crippen LogP contribution in [0.5, 0.6) is 0 Å². The largest absolute Gasteiger partial charge is 0.462 e. The lowest BCUT2D eigenvalue weighted by molar-refractivity contribution is -0.129. The lowest BCUT2D eigenvalue weighted by Gasteiger charge is -2.36. The predicted molar refractivity (Wildman–Crippen MR) is 96.9 cm³/mol. The van der Waals surface area contributed by atoms with E-state index in [1.807, 2.05) is 24.0 Å². The maximum Gasteiger partial charge on any atom is 0.341 e. The Kier molecular flexibility index (Phi) is 4.88. The van der Waals surface area contributed by atoms with E-state index in [1.165, 1.54) is 0 Å². The van der Waals surface area contributed by atoms with Crippen LogP contribution in [0.1, 0.15) is 29.8 Å². The topological polar surface area (TPSA) is 62.7 Å². The number of aromatic nitrogens is 1. The van der Waals surface area contributed by atoms with Crippen molar-refractivity contribution in [2.75, 3.05) is 37.7 Å². The Hall–Kier alpha value is -2.63. The molecule has 6 nitrogen and oxygen atoms in total. The summed E-state index contributed by atoms with van der Waals surface area (Å²) in [4.78, 5) is 32.5. The van der Waals surface area contributed by atoms with Crippen molar-refractivity contribution < 1.29 is 14.3 Å². The van der Waals surface area contributed by atoms with Crippen molar-refractivity contribution in [3.05, 3.63) is 35.5 Å². The Bertz CT molecular complexity index is 811. The van der Waals surface area contributed by atoms with Gasteiger partial charge in [-0.3, -0.25) is 9.78 Å². The molecule has 0 spiro atoms. The summed E-state index contributed by atoms with van der Waals surface area (Å²) in [7, 11) is 0. The van der Waals surface area contributed by atoms with E-state index in [2.05, 4.69) is 16.0 Å². The van der Waals surface area contributed by atoms with E-state index in [-0.39, 0.29) is 11.9 Å². The van der Waals surface area contributed by atoms with Crippen molar-refractivity contribution in [2.45, 2.75) is 20.8 Å². The second-order valence-corrected chi connectivity index (χ2v) is 6.25. The number of amides is 1. The van der Waals surface area contributed by atoms with Crippen LogP contribution in [-0.2, 0) is 9.53 Å². The van der Waals surface area contributed by atoms with Gasteiger partial charge in [-0.2, -0.15) is 0 Å². The summed E-state index contributed by atoms with van der Waals surface area (Å²) >= 11 is 0. The van der Waals surface area contributed by atoms with Crippen LogP contribution in [0.15, 0.2) is 24.4 Å². The van der Waals surface area contributed by atoms with Crippen LogP contribution < -0.4 is 4.90 Å². The quantitative estimate of drug-likeness (QED) is 0.802. The molecule has 1 aliphatic rings. The van der Waals surface area contributed by atoms with E-state index in [0.29, 0.717) is 38.3 Å². The van der Waals surface area contributed by atoms with Gasteiger partial charge in [0.15, 0.2) is 0 Å². The minimum atomic E-state index is -0.359. The molecule has 0 aliphatic carbocycles. The van der Waals surface area contributed by atoms with Crippen molar-refractivity contribution >= 4 is 28.5 Å². The van der Waals surface area contributed by atoms with Gasteiger partial charge in [0.25, 0.3) is 0 Å². The van der Waals surface area contributed by atoms with Crippen molar-refractivity contribution in [3.8, 4) is 0 Å². The third kappa shape index (κ3) is 3.43. The predicted octanol–water partition coefficient (Wildman–Crippen LogP) is 2.39. The van der Waals surface area contributed by atoms with Crippen LogP contribution in [-0.4, -0.2) is 54.5 Å². The molecule has 0 atom stereocenters. The Morgan fingerprint density at radius 2 is 1.92 bits per heavy atom. The second-order valence-electron chi connectivity index (χ2n) is 6.25. The number of aryl methyl sites for hydroxylation is 1. The molecule has 1 amide bonds. The van der Waals surface area contributed by atoms with Crippen LogP contribution >= 0.6 is 0 Å². The summed E-state index contributed by atoms with van der Waals surface area (Å²) in [6.07, 6.45) is 1.60. The zero-order valence-corrected chi connectivity index (χ0v) is 14.9. The zero-order valence-electron chi connectivity index (χ0n) is 14.9. The second kappa shape index (κ2) is 7.09. The SMILES string of the molecule is CCOC(=O)c1cnc2ccc(C)cc2c1N1CCN(C(C)=O)CC1. The van der Waals surface area contributed by atoms with Gasteiger partial charge in [0.2, 0.25) is 5.91 Å². The van der Waals surface area contributed by atoms with Gasteiger partial charge in [-0.05, 0) is 26.0 Å².